The van der Waals surface area contributed by atoms with Gasteiger partial charge in [-0.05, 0) is 77.1 Å². The zero-order chi connectivity index (χ0) is 32.9. The second kappa shape index (κ2) is 11.7. The van der Waals surface area contributed by atoms with Crippen molar-refractivity contribution in [3.8, 4) is 23.0 Å². The zero-order valence-corrected chi connectivity index (χ0v) is 27.4. The number of rotatable bonds is 9. The van der Waals surface area contributed by atoms with Crippen molar-refractivity contribution in [2.75, 3.05) is 33.3 Å². The third-order valence-corrected chi connectivity index (χ3v) is 9.00. The summed E-state index contributed by atoms with van der Waals surface area (Å²) in [5.74, 6) is 1.90. The van der Waals surface area contributed by atoms with Gasteiger partial charge in [-0.1, -0.05) is 52.0 Å². The van der Waals surface area contributed by atoms with Crippen molar-refractivity contribution < 1.29 is 28.5 Å². The van der Waals surface area contributed by atoms with E-state index in [4.69, 9.17) is 23.9 Å². The van der Waals surface area contributed by atoms with Crippen LogP contribution in [0.1, 0.15) is 82.5 Å². The molecule has 46 heavy (non-hydrogen) atoms. The maximum atomic E-state index is 15.3. The molecule has 0 aliphatic carbocycles. The molecule has 4 aromatic carbocycles. The number of carbonyl (C=O) groups excluding carboxylic acids is 2. The van der Waals surface area contributed by atoms with E-state index >= 15 is 4.79 Å². The standard InChI is InChI=1S/C38H38N2O6/c1-21(2)23-10-14-30-27(17-23)36(42)38(26-12-16-32(44-6)34(20-26)46-8)28-18-24(22(3)4)9-13-29(28)39-37(40(30)38)35(41)25-11-15-31(43-5)33(19-25)45-7/h9-22H,1-8H3. The summed E-state index contributed by atoms with van der Waals surface area (Å²) in [6, 6.07) is 22.4. The van der Waals surface area contributed by atoms with Crippen molar-refractivity contribution in [2.24, 2.45) is 4.99 Å². The van der Waals surface area contributed by atoms with Crippen LogP contribution in [-0.4, -0.2) is 45.8 Å². The number of carbonyl (C=O) groups is 2. The van der Waals surface area contributed by atoms with Crippen LogP contribution in [0.5, 0.6) is 23.0 Å². The van der Waals surface area contributed by atoms with Gasteiger partial charge in [0, 0.05) is 16.7 Å². The quantitative estimate of drug-likeness (QED) is 0.177. The molecule has 2 aliphatic heterocycles. The van der Waals surface area contributed by atoms with Gasteiger partial charge in [0.05, 0.1) is 39.8 Å². The van der Waals surface area contributed by atoms with Crippen LogP contribution in [0.2, 0.25) is 0 Å². The van der Waals surface area contributed by atoms with Gasteiger partial charge in [0.25, 0.3) is 0 Å². The third kappa shape index (κ3) is 4.54. The minimum absolute atomic E-state index is 0.121. The largest absolute Gasteiger partial charge is 0.493 e. The van der Waals surface area contributed by atoms with Crippen LogP contribution in [0.25, 0.3) is 0 Å². The number of ether oxygens (including phenoxy) is 4. The van der Waals surface area contributed by atoms with E-state index in [0.29, 0.717) is 56.6 Å². The zero-order valence-electron chi connectivity index (χ0n) is 27.4. The number of Topliss-reactive ketones (excluding diaryl/α,β-unsaturated/α-hetero) is 2. The lowest BCUT2D eigenvalue weighted by Gasteiger charge is -2.43. The molecule has 0 spiro atoms. The molecule has 1 unspecified atom stereocenters. The molecule has 8 heteroatoms. The van der Waals surface area contributed by atoms with Gasteiger partial charge in [-0.25, -0.2) is 4.99 Å². The van der Waals surface area contributed by atoms with E-state index in [-0.39, 0.29) is 29.2 Å². The summed E-state index contributed by atoms with van der Waals surface area (Å²) in [4.78, 5) is 36.8. The van der Waals surface area contributed by atoms with E-state index in [0.717, 1.165) is 11.1 Å². The summed E-state index contributed by atoms with van der Waals surface area (Å²) in [5, 5.41) is 0. The summed E-state index contributed by atoms with van der Waals surface area (Å²) in [7, 11) is 6.21. The molecule has 8 nitrogen and oxygen atoms in total. The predicted molar refractivity (Wildman–Crippen MR) is 179 cm³/mol. The van der Waals surface area contributed by atoms with Gasteiger partial charge in [0.2, 0.25) is 5.78 Å². The second-order valence-corrected chi connectivity index (χ2v) is 12.1. The summed E-state index contributed by atoms with van der Waals surface area (Å²) in [6.45, 7) is 8.41. The predicted octanol–water partition coefficient (Wildman–Crippen LogP) is 7.84. The lowest BCUT2D eigenvalue weighted by Crippen LogP contribution is -2.55. The van der Waals surface area contributed by atoms with Gasteiger partial charge in [0.15, 0.2) is 40.2 Å². The Morgan fingerprint density at radius 1 is 0.696 bits per heavy atom. The molecule has 0 saturated carbocycles. The summed E-state index contributed by atoms with van der Waals surface area (Å²) in [6.07, 6.45) is 0. The second-order valence-electron chi connectivity index (χ2n) is 12.1. The minimum atomic E-state index is -1.46. The molecule has 236 valence electrons. The fraction of sp³-hybridized carbons (Fsp3) is 0.289. The first kappa shape index (κ1) is 30.9. The SMILES string of the molecule is COc1ccc(C(=O)C2=Nc3ccc(C(C)C)cc3C3(c4ccc(OC)c(OC)c4)C(=O)c4cc(C(C)C)ccc4N23)cc1OC. The van der Waals surface area contributed by atoms with E-state index in [1.54, 1.807) is 45.6 Å². The van der Waals surface area contributed by atoms with Gasteiger partial charge in [0.1, 0.15) is 0 Å². The van der Waals surface area contributed by atoms with Crippen LogP contribution in [0, 0.1) is 0 Å². The number of hydrogen-bond donors (Lipinski definition) is 0. The first-order valence-corrected chi connectivity index (χ1v) is 15.3. The molecule has 2 heterocycles. The minimum Gasteiger partial charge on any atom is -0.493 e. The van der Waals surface area contributed by atoms with Crippen LogP contribution < -0.4 is 23.8 Å². The number of hydrogen-bond acceptors (Lipinski definition) is 8. The average Bonchev–Trinajstić information content (AvgIpc) is 3.35. The number of methoxy groups -OCH3 is 4. The number of amidine groups is 1. The Bertz CT molecular complexity index is 1910. The van der Waals surface area contributed by atoms with Crippen molar-refractivity contribution in [1.82, 2.24) is 0 Å². The number of anilines is 1. The highest BCUT2D eigenvalue weighted by molar-refractivity contribution is 6.52. The molecular formula is C38H38N2O6. The first-order valence-electron chi connectivity index (χ1n) is 15.3. The smallest absolute Gasteiger partial charge is 0.228 e. The molecule has 4 aromatic rings. The molecule has 0 fully saturated rings. The number of benzene rings is 4. The van der Waals surface area contributed by atoms with Crippen molar-refractivity contribution in [2.45, 2.75) is 45.1 Å². The number of aliphatic imine (C=N–C) groups is 1. The number of ketones is 2. The lowest BCUT2D eigenvalue weighted by molar-refractivity contribution is 0.0931. The molecule has 0 aromatic heterocycles. The molecule has 0 N–H and O–H groups in total. The van der Waals surface area contributed by atoms with Crippen molar-refractivity contribution in [1.29, 1.82) is 0 Å². The molecule has 0 amide bonds. The van der Waals surface area contributed by atoms with Crippen LogP contribution in [0.4, 0.5) is 11.4 Å². The normalized spacial score (nSPS) is 16.5. The van der Waals surface area contributed by atoms with Crippen molar-refractivity contribution in [3.63, 3.8) is 0 Å². The Kier molecular flexibility index (Phi) is 7.84. The third-order valence-electron chi connectivity index (χ3n) is 9.00. The van der Waals surface area contributed by atoms with Crippen LogP contribution in [0.15, 0.2) is 77.8 Å². The highest BCUT2D eigenvalue weighted by Crippen LogP contribution is 2.56. The molecule has 6 rings (SSSR count). The van der Waals surface area contributed by atoms with Crippen LogP contribution >= 0.6 is 0 Å². The maximum Gasteiger partial charge on any atom is 0.228 e. The summed E-state index contributed by atoms with van der Waals surface area (Å²) < 4.78 is 22.3. The Hall–Kier alpha value is -5.11. The van der Waals surface area contributed by atoms with Crippen molar-refractivity contribution >= 4 is 28.8 Å². The average molecular weight is 619 g/mol. The highest BCUT2D eigenvalue weighted by Gasteiger charge is 2.59. The van der Waals surface area contributed by atoms with E-state index in [1.807, 2.05) is 47.4 Å². The molecule has 2 aliphatic rings. The maximum absolute atomic E-state index is 15.3. The van der Waals surface area contributed by atoms with Gasteiger partial charge < -0.3 is 23.8 Å². The van der Waals surface area contributed by atoms with E-state index in [2.05, 4.69) is 33.8 Å². The Morgan fingerprint density at radius 3 is 1.91 bits per heavy atom. The Labute approximate surface area is 269 Å². The molecular weight excluding hydrogens is 580 g/mol. The van der Waals surface area contributed by atoms with Gasteiger partial charge in [-0.2, -0.15) is 0 Å². The number of fused-ring (bicyclic) bond motifs is 5. The molecule has 0 radical (unpaired) electrons. The molecule has 1 atom stereocenters. The van der Waals surface area contributed by atoms with Crippen molar-refractivity contribution in [3.05, 3.63) is 106 Å². The topological polar surface area (TPSA) is 86.7 Å². The lowest BCUT2D eigenvalue weighted by atomic mass is 9.75. The van der Waals surface area contributed by atoms with Gasteiger partial charge >= 0.3 is 0 Å². The van der Waals surface area contributed by atoms with Gasteiger partial charge in [-0.15, -0.1) is 0 Å². The van der Waals surface area contributed by atoms with Gasteiger partial charge in [-0.3, -0.25) is 9.59 Å². The van der Waals surface area contributed by atoms with Crippen LogP contribution in [0.3, 0.4) is 0 Å². The fourth-order valence-corrected chi connectivity index (χ4v) is 6.48. The first-order chi connectivity index (χ1) is 22.1. The molecule has 0 bridgehead atoms. The monoisotopic (exact) mass is 618 g/mol. The number of nitrogens with zero attached hydrogens (tertiary/aromatic N) is 2. The molecule has 0 saturated heterocycles. The highest BCUT2D eigenvalue weighted by atomic mass is 16.5. The Morgan fingerprint density at radius 2 is 1.28 bits per heavy atom. The fourth-order valence-electron chi connectivity index (χ4n) is 6.48. The summed E-state index contributed by atoms with van der Waals surface area (Å²) in [5.41, 5.74) is 3.97. The van der Waals surface area contributed by atoms with Crippen LogP contribution in [-0.2, 0) is 5.54 Å². The summed E-state index contributed by atoms with van der Waals surface area (Å²) >= 11 is 0. The Balaban J connectivity index is 1.71. The van der Waals surface area contributed by atoms with E-state index in [9.17, 15) is 4.79 Å². The van der Waals surface area contributed by atoms with E-state index in [1.165, 1.54) is 7.11 Å². The van der Waals surface area contributed by atoms with E-state index < -0.39 is 5.54 Å².